The van der Waals surface area contributed by atoms with Gasteiger partial charge < -0.3 is 13.9 Å². The highest BCUT2D eigenvalue weighted by atomic mass is 32.2. The first kappa shape index (κ1) is 19.7. The number of aromatic nitrogens is 1. The van der Waals surface area contributed by atoms with Gasteiger partial charge in [-0.2, -0.15) is 0 Å². The number of aryl methyl sites for hydroxylation is 2. The van der Waals surface area contributed by atoms with Crippen LogP contribution in [0.1, 0.15) is 28.1 Å². The first-order chi connectivity index (χ1) is 14.0. The Kier molecular flexibility index (Phi) is 5.74. The van der Waals surface area contributed by atoms with E-state index in [4.69, 9.17) is 4.42 Å². The highest BCUT2D eigenvalue weighted by Crippen LogP contribution is 2.24. The first-order valence-corrected chi connectivity index (χ1v) is 11.2. The van der Waals surface area contributed by atoms with E-state index in [2.05, 4.69) is 17.1 Å². The van der Waals surface area contributed by atoms with E-state index >= 15 is 0 Å². The number of carbonyl (C=O) groups excluding carboxylic acids is 1. The minimum Gasteiger partial charge on any atom is -0.616 e. The van der Waals surface area contributed by atoms with Crippen molar-refractivity contribution in [2.75, 3.05) is 12.3 Å². The van der Waals surface area contributed by atoms with E-state index in [1.54, 1.807) is 4.90 Å². The molecule has 150 valence electrons. The molecule has 0 spiro atoms. The molecule has 29 heavy (non-hydrogen) atoms. The summed E-state index contributed by atoms with van der Waals surface area (Å²) < 4.78 is 18.4. The van der Waals surface area contributed by atoms with Crippen molar-refractivity contribution < 1.29 is 13.8 Å². The molecule has 1 amide bonds. The van der Waals surface area contributed by atoms with Gasteiger partial charge in [0.25, 0.3) is 5.91 Å². The average Bonchev–Trinajstić information content (AvgIpc) is 3.08. The molecular weight excluding hydrogens is 384 g/mol. The van der Waals surface area contributed by atoms with Crippen LogP contribution in [-0.2, 0) is 34.7 Å². The van der Waals surface area contributed by atoms with E-state index in [1.807, 2.05) is 50.2 Å². The van der Waals surface area contributed by atoms with Crippen molar-refractivity contribution in [3.63, 3.8) is 0 Å². The summed E-state index contributed by atoms with van der Waals surface area (Å²) in [6, 6.07) is 16.1. The van der Waals surface area contributed by atoms with E-state index in [0.717, 1.165) is 17.5 Å². The molecule has 0 N–H and O–H groups in total. The van der Waals surface area contributed by atoms with Crippen molar-refractivity contribution in [1.82, 2.24) is 9.88 Å². The van der Waals surface area contributed by atoms with Crippen LogP contribution in [0.25, 0.3) is 11.5 Å². The molecule has 3 aromatic rings. The molecule has 2 aromatic carbocycles. The molecule has 1 unspecified atom stereocenters. The predicted molar refractivity (Wildman–Crippen MR) is 114 cm³/mol. The molecule has 1 aromatic heterocycles. The summed E-state index contributed by atoms with van der Waals surface area (Å²) in [6.45, 7) is 5.11. The minimum absolute atomic E-state index is 0.00827. The summed E-state index contributed by atoms with van der Waals surface area (Å²) >= 11 is -1.33. The second-order valence-corrected chi connectivity index (χ2v) is 8.91. The Morgan fingerprint density at radius 2 is 1.86 bits per heavy atom. The van der Waals surface area contributed by atoms with Crippen molar-refractivity contribution in [3.05, 3.63) is 76.7 Å². The molecule has 0 fully saturated rings. The number of nitrogens with zero attached hydrogens (tertiary/aromatic N) is 2. The third-order valence-corrected chi connectivity index (χ3v) is 6.42. The number of oxazole rings is 1. The van der Waals surface area contributed by atoms with Crippen LogP contribution in [0.5, 0.6) is 0 Å². The fourth-order valence-electron chi connectivity index (χ4n) is 3.52. The second-order valence-electron chi connectivity index (χ2n) is 7.45. The van der Waals surface area contributed by atoms with Gasteiger partial charge in [-0.25, -0.2) is 4.98 Å². The van der Waals surface area contributed by atoms with Crippen LogP contribution in [0.3, 0.4) is 0 Å². The van der Waals surface area contributed by atoms with Crippen LogP contribution in [0.15, 0.2) is 52.9 Å². The van der Waals surface area contributed by atoms with Gasteiger partial charge in [0.05, 0.1) is 0 Å². The molecule has 0 aliphatic carbocycles. The lowest BCUT2D eigenvalue weighted by molar-refractivity contribution is -0.129. The molecule has 0 saturated heterocycles. The Hall–Kier alpha value is -2.57. The Morgan fingerprint density at radius 3 is 2.62 bits per heavy atom. The fourth-order valence-corrected chi connectivity index (χ4v) is 4.66. The molecule has 0 bridgehead atoms. The van der Waals surface area contributed by atoms with Gasteiger partial charge in [-0.1, -0.05) is 42.0 Å². The Bertz CT molecular complexity index is 1010. The van der Waals surface area contributed by atoms with Crippen LogP contribution < -0.4 is 0 Å². The van der Waals surface area contributed by atoms with Crippen LogP contribution >= 0.6 is 0 Å². The number of benzene rings is 2. The summed E-state index contributed by atoms with van der Waals surface area (Å²) in [6.07, 6.45) is 0.844. The largest absolute Gasteiger partial charge is 0.616 e. The van der Waals surface area contributed by atoms with Crippen molar-refractivity contribution in [1.29, 1.82) is 0 Å². The number of rotatable bonds is 5. The molecule has 0 radical (unpaired) electrons. The summed E-state index contributed by atoms with van der Waals surface area (Å²) in [7, 11) is 0. The smallest absolute Gasteiger partial charge is 0.272 e. The standard InChI is InChI=1S/C23H24N2O3S/c1-16-7-9-19(10-8-16)23-24-21(17(2)28-23)14-29(27)15-22(26)25-12-11-18-5-3-4-6-20(18)13-25/h3-10H,11-15H2,1-2H3. The maximum atomic E-state index is 12.6. The molecule has 1 aliphatic heterocycles. The van der Waals surface area contributed by atoms with Gasteiger partial charge in [-0.05, 0) is 54.7 Å². The topological polar surface area (TPSA) is 69.4 Å². The Morgan fingerprint density at radius 1 is 1.14 bits per heavy atom. The van der Waals surface area contributed by atoms with E-state index in [-0.39, 0.29) is 17.4 Å². The van der Waals surface area contributed by atoms with Crippen LogP contribution in [0, 0.1) is 13.8 Å². The van der Waals surface area contributed by atoms with E-state index in [0.29, 0.717) is 30.4 Å². The van der Waals surface area contributed by atoms with Crippen LogP contribution in [0.2, 0.25) is 0 Å². The zero-order chi connectivity index (χ0) is 20.4. The molecule has 1 aliphatic rings. The van der Waals surface area contributed by atoms with Gasteiger partial charge in [0.1, 0.15) is 11.5 Å². The van der Waals surface area contributed by atoms with Crippen molar-refractivity contribution in [2.45, 2.75) is 32.6 Å². The Balaban J connectivity index is 1.38. The van der Waals surface area contributed by atoms with Gasteiger partial charge >= 0.3 is 0 Å². The molecule has 5 nitrogen and oxygen atoms in total. The number of fused-ring (bicyclic) bond motifs is 1. The number of hydrogen-bond acceptors (Lipinski definition) is 4. The molecule has 4 rings (SSSR count). The normalized spacial score (nSPS) is 14.5. The van der Waals surface area contributed by atoms with Crippen molar-refractivity contribution >= 4 is 17.1 Å². The van der Waals surface area contributed by atoms with Gasteiger partial charge in [0.2, 0.25) is 5.89 Å². The third kappa shape index (κ3) is 4.54. The van der Waals surface area contributed by atoms with Gasteiger partial charge in [0.15, 0.2) is 11.5 Å². The highest BCUT2D eigenvalue weighted by Gasteiger charge is 2.25. The summed E-state index contributed by atoms with van der Waals surface area (Å²) in [5, 5.41) is 0. The van der Waals surface area contributed by atoms with E-state index < -0.39 is 11.2 Å². The number of amides is 1. The van der Waals surface area contributed by atoms with E-state index in [9.17, 15) is 9.35 Å². The van der Waals surface area contributed by atoms with Gasteiger partial charge in [-0.3, -0.25) is 4.79 Å². The number of carbonyl (C=O) groups is 1. The lowest BCUT2D eigenvalue weighted by Crippen LogP contribution is -2.39. The summed E-state index contributed by atoms with van der Waals surface area (Å²) in [5.41, 5.74) is 5.17. The monoisotopic (exact) mass is 408 g/mol. The highest BCUT2D eigenvalue weighted by molar-refractivity contribution is 7.91. The van der Waals surface area contributed by atoms with Crippen LogP contribution in [0.4, 0.5) is 0 Å². The molecular formula is C23H24N2O3S. The summed E-state index contributed by atoms with van der Waals surface area (Å²) in [5.74, 6) is 1.32. The third-order valence-electron chi connectivity index (χ3n) is 5.26. The quantitative estimate of drug-likeness (QED) is 0.602. The maximum Gasteiger partial charge on any atom is 0.272 e. The number of hydrogen-bond donors (Lipinski definition) is 0. The van der Waals surface area contributed by atoms with Gasteiger partial charge in [0, 0.05) is 18.7 Å². The lowest BCUT2D eigenvalue weighted by atomic mass is 10.00. The van der Waals surface area contributed by atoms with E-state index in [1.165, 1.54) is 11.1 Å². The maximum absolute atomic E-state index is 12.6. The zero-order valence-corrected chi connectivity index (χ0v) is 17.5. The molecule has 1 atom stereocenters. The SMILES string of the molecule is Cc1ccc(-c2nc(C[S+]([O-])CC(=O)N3CCc4ccccc4C3)c(C)o2)cc1. The second kappa shape index (κ2) is 8.43. The summed E-state index contributed by atoms with van der Waals surface area (Å²) in [4.78, 5) is 19.0. The van der Waals surface area contributed by atoms with Crippen LogP contribution in [-0.4, -0.2) is 32.6 Å². The Labute approximate surface area is 173 Å². The van der Waals surface area contributed by atoms with Crippen molar-refractivity contribution in [2.24, 2.45) is 0 Å². The average molecular weight is 409 g/mol. The van der Waals surface area contributed by atoms with Crippen molar-refractivity contribution in [3.8, 4) is 11.5 Å². The lowest BCUT2D eigenvalue weighted by Gasteiger charge is -2.28. The molecule has 6 heteroatoms. The molecule has 0 saturated carbocycles. The predicted octanol–water partition coefficient (Wildman–Crippen LogP) is 3.79. The zero-order valence-electron chi connectivity index (χ0n) is 16.7. The van der Waals surface area contributed by atoms with Gasteiger partial charge in [-0.15, -0.1) is 0 Å². The minimum atomic E-state index is -1.33. The first-order valence-electron chi connectivity index (χ1n) is 9.72. The fraction of sp³-hybridized carbons (Fsp3) is 0.304. The molecule has 2 heterocycles.